The van der Waals surface area contributed by atoms with Gasteiger partial charge in [0.25, 0.3) is 5.69 Å². The first-order valence-electron chi connectivity index (χ1n) is 9.23. The highest BCUT2D eigenvalue weighted by Gasteiger charge is 2.22. The third-order valence-electron chi connectivity index (χ3n) is 4.07. The minimum atomic E-state index is -3.07. The Morgan fingerprint density at radius 3 is 2.32 bits per heavy atom. The van der Waals surface area contributed by atoms with Crippen LogP contribution in [0.25, 0.3) is 0 Å². The summed E-state index contributed by atoms with van der Waals surface area (Å²) in [6.45, 7) is 4.58. The zero-order valence-corrected chi connectivity index (χ0v) is 17.6. The highest BCUT2D eigenvalue weighted by molar-refractivity contribution is 7.53. The second-order valence-electron chi connectivity index (χ2n) is 6.15. The molecule has 0 aliphatic carbocycles. The van der Waals surface area contributed by atoms with Crippen LogP contribution in [0, 0.1) is 22.0 Å². The van der Waals surface area contributed by atoms with Gasteiger partial charge in [-0.05, 0) is 32.9 Å². The monoisotopic (exact) mass is 412 g/mol. The molecule has 0 bridgehead atoms. The summed E-state index contributed by atoms with van der Waals surface area (Å²) in [5.41, 5.74) is 0.943. The molecule has 0 radical (unpaired) electrons. The van der Waals surface area contributed by atoms with Crippen molar-refractivity contribution in [2.75, 3.05) is 39.6 Å². The molecule has 0 amide bonds. The molecule has 28 heavy (non-hydrogen) atoms. The molecular formula is C19H29N2O6P. The second kappa shape index (κ2) is 12.7. The summed E-state index contributed by atoms with van der Waals surface area (Å²) in [4.78, 5) is 12.2. The van der Waals surface area contributed by atoms with Gasteiger partial charge < -0.3 is 14.2 Å². The maximum Gasteiger partial charge on any atom is 0.331 e. The molecular weight excluding hydrogens is 383 g/mol. The van der Waals surface area contributed by atoms with Gasteiger partial charge in [-0.2, -0.15) is 0 Å². The average Bonchev–Trinajstić information content (AvgIpc) is 2.66. The van der Waals surface area contributed by atoms with Gasteiger partial charge in [0, 0.05) is 24.6 Å². The van der Waals surface area contributed by atoms with Gasteiger partial charge in [-0.1, -0.05) is 18.1 Å². The number of nitro benzene ring substituents is 1. The van der Waals surface area contributed by atoms with Crippen molar-refractivity contribution >= 4 is 13.3 Å². The maximum absolute atomic E-state index is 12.3. The van der Waals surface area contributed by atoms with Gasteiger partial charge in [-0.3, -0.25) is 19.6 Å². The number of nitro groups is 1. The zero-order valence-electron chi connectivity index (χ0n) is 16.7. The summed E-state index contributed by atoms with van der Waals surface area (Å²) in [5.74, 6) is 5.98. The highest BCUT2D eigenvalue weighted by atomic mass is 31.2. The minimum absolute atomic E-state index is 0.0416. The second-order valence-corrected chi connectivity index (χ2v) is 8.34. The van der Waals surface area contributed by atoms with E-state index in [1.54, 1.807) is 26.0 Å². The molecule has 0 fully saturated rings. The first-order valence-corrected chi connectivity index (χ1v) is 11.0. The number of nitrogens with zero attached hydrogens (tertiary/aromatic N) is 2. The van der Waals surface area contributed by atoms with Crippen molar-refractivity contribution < 1.29 is 23.6 Å². The van der Waals surface area contributed by atoms with E-state index in [1.165, 1.54) is 12.1 Å². The van der Waals surface area contributed by atoms with Crippen molar-refractivity contribution in [1.29, 1.82) is 0 Å². The Morgan fingerprint density at radius 2 is 1.82 bits per heavy atom. The number of aliphatic hydroxyl groups is 1. The normalized spacial score (nSPS) is 12.5. The zero-order chi connectivity index (χ0) is 21.0. The van der Waals surface area contributed by atoms with Crippen LogP contribution in [-0.2, 0) is 20.0 Å². The Labute approximate surface area is 166 Å². The molecule has 156 valence electrons. The van der Waals surface area contributed by atoms with E-state index in [4.69, 9.17) is 9.05 Å². The van der Waals surface area contributed by atoms with E-state index >= 15 is 0 Å². The van der Waals surface area contributed by atoms with E-state index in [2.05, 4.69) is 11.8 Å². The molecule has 1 aromatic rings. The number of hydrogen-bond acceptors (Lipinski definition) is 7. The summed E-state index contributed by atoms with van der Waals surface area (Å²) in [6.07, 6.45) is 1.20. The molecule has 1 N–H and O–H groups in total. The summed E-state index contributed by atoms with van der Waals surface area (Å²) in [7, 11) is -1.22. The van der Waals surface area contributed by atoms with Crippen molar-refractivity contribution in [1.82, 2.24) is 4.90 Å². The quantitative estimate of drug-likeness (QED) is 0.244. The Balaban J connectivity index is 2.54. The first kappa shape index (κ1) is 24.3. The van der Waals surface area contributed by atoms with Gasteiger partial charge in [0.05, 0.1) is 37.5 Å². The molecule has 1 aromatic carbocycles. The molecule has 1 atom stereocenters. The van der Waals surface area contributed by atoms with E-state index in [-0.39, 0.29) is 24.5 Å². The summed E-state index contributed by atoms with van der Waals surface area (Å²) in [6, 6.07) is 6.14. The van der Waals surface area contributed by atoms with Crippen LogP contribution in [0.4, 0.5) is 5.69 Å². The largest absolute Gasteiger partial charge is 0.395 e. The van der Waals surface area contributed by atoms with E-state index in [0.717, 1.165) is 5.56 Å². The van der Waals surface area contributed by atoms with Crippen molar-refractivity contribution in [3.63, 3.8) is 0 Å². The van der Waals surface area contributed by atoms with E-state index < -0.39 is 12.5 Å². The van der Waals surface area contributed by atoms with Gasteiger partial charge >= 0.3 is 7.60 Å². The SMILES string of the molecule is CCOP(=O)(CCC#CCN(C)[C@H](CO)Cc1ccc([N+](=O)[O-])cc1)OCC. The van der Waals surface area contributed by atoms with Crippen LogP contribution in [0.2, 0.25) is 0 Å². The number of likely N-dealkylation sites (N-methyl/N-ethyl adjacent to an activating group) is 1. The molecule has 0 saturated heterocycles. The Morgan fingerprint density at radius 1 is 1.21 bits per heavy atom. The molecule has 0 aliphatic heterocycles. The lowest BCUT2D eigenvalue weighted by Gasteiger charge is -2.24. The summed E-state index contributed by atoms with van der Waals surface area (Å²) >= 11 is 0. The number of hydrogen-bond donors (Lipinski definition) is 1. The lowest BCUT2D eigenvalue weighted by atomic mass is 10.1. The molecule has 0 heterocycles. The number of rotatable bonds is 12. The van der Waals surface area contributed by atoms with E-state index in [9.17, 15) is 19.8 Å². The fraction of sp³-hybridized carbons (Fsp3) is 0.579. The predicted molar refractivity (Wildman–Crippen MR) is 108 cm³/mol. The Kier molecular flexibility index (Phi) is 11.0. The standard InChI is InChI=1S/C19H29N2O6P/c1-4-26-28(25,27-5-2)14-8-6-7-13-20(3)19(16-22)15-17-9-11-18(12-10-17)21(23)24/h9-12,19,22H,4-5,8,13-16H2,1-3H3/t19-/m0/s1. The molecule has 0 unspecified atom stereocenters. The van der Waals surface area contributed by atoms with Crippen molar-refractivity contribution in [2.24, 2.45) is 0 Å². The molecule has 0 aliphatic rings. The average molecular weight is 412 g/mol. The maximum atomic E-state index is 12.3. The molecule has 0 saturated carbocycles. The fourth-order valence-corrected chi connectivity index (χ4v) is 4.04. The number of non-ortho nitro benzene ring substituents is 1. The Hall–Kier alpha value is -1.75. The fourth-order valence-electron chi connectivity index (χ4n) is 2.54. The van der Waals surface area contributed by atoms with E-state index in [1.807, 2.05) is 11.9 Å². The molecule has 9 heteroatoms. The molecule has 0 aromatic heterocycles. The van der Waals surface area contributed by atoms with Crippen LogP contribution in [0.15, 0.2) is 24.3 Å². The van der Waals surface area contributed by atoms with Crippen LogP contribution in [-0.4, -0.2) is 60.5 Å². The molecule has 0 spiro atoms. The minimum Gasteiger partial charge on any atom is -0.395 e. The van der Waals surface area contributed by atoms with Gasteiger partial charge in [-0.15, -0.1) is 5.92 Å². The van der Waals surface area contributed by atoms with Crippen molar-refractivity contribution in [3.8, 4) is 11.8 Å². The first-order chi connectivity index (χ1) is 13.3. The van der Waals surface area contributed by atoms with Crippen LogP contribution in [0.5, 0.6) is 0 Å². The predicted octanol–water partition coefficient (Wildman–Crippen LogP) is 3.09. The molecule has 1 rings (SSSR count). The van der Waals surface area contributed by atoms with Crippen LogP contribution in [0.3, 0.4) is 0 Å². The smallest absolute Gasteiger partial charge is 0.331 e. The third-order valence-corrected chi connectivity index (χ3v) is 6.14. The number of aliphatic hydroxyl groups excluding tert-OH is 1. The Bertz CT molecular complexity index is 703. The molecule has 8 nitrogen and oxygen atoms in total. The third kappa shape index (κ3) is 8.51. The van der Waals surface area contributed by atoms with Crippen LogP contribution < -0.4 is 0 Å². The number of benzene rings is 1. The van der Waals surface area contributed by atoms with Crippen LogP contribution >= 0.6 is 7.60 Å². The van der Waals surface area contributed by atoms with E-state index in [0.29, 0.717) is 32.6 Å². The van der Waals surface area contributed by atoms with Gasteiger partial charge in [0.1, 0.15) is 0 Å². The van der Waals surface area contributed by atoms with Gasteiger partial charge in [0.15, 0.2) is 0 Å². The lowest BCUT2D eigenvalue weighted by molar-refractivity contribution is -0.384. The summed E-state index contributed by atoms with van der Waals surface area (Å²) < 4.78 is 22.8. The summed E-state index contributed by atoms with van der Waals surface area (Å²) in [5, 5.41) is 20.4. The van der Waals surface area contributed by atoms with Gasteiger partial charge in [-0.25, -0.2) is 0 Å². The topological polar surface area (TPSA) is 102 Å². The van der Waals surface area contributed by atoms with Crippen molar-refractivity contribution in [2.45, 2.75) is 32.7 Å². The van der Waals surface area contributed by atoms with Crippen LogP contribution in [0.1, 0.15) is 25.8 Å². The highest BCUT2D eigenvalue weighted by Crippen LogP contribution is 2.48. The van der Waals surface area contributed by atoms with Crippen molar-refractivity contribution in [3.05, 3.63) is 39.9 Å². The lowest BCUT2D eigenvalue weighted by Crippen LogP contribution is -2.36. The van der Waals surface area contributed by atoms with Gasteiger partial charge in [0.2, 0.25) is 0 Å².